The highest BCUT2D eigenvalue weighted by Gasteiger charge is 2.20. The molecule has 0 spiro atoms. The monoisotopic (exact) mass is 289 g/mol. The average molecular weight is 289 g/mol. The van der Waals surface area contributed by atoms with Gasteiger partial charge in [0.15, 0.2) is 5.65 Å². The van der Waals surface area contributed by atoms with Crippen molar-refractivity contribution in [2.24, 2.45) is 0 Å². The molecule has 112 valence electrons. The highest BCUT2D eigenvalue weighted by molar-refractivity contribution is 5.86. The summed E-state index contributed by atoms with van der Waals surface area (Å²) in [7, 11) is 0. The van der Waals surface area contributed by atoms with Crippen LogP contribution in [0, 0.1) is 0 Å². The van der Waals surface area contributed by atoms with Gasteiger partial charge in [0.1, 0.15) is 5.60 Å². The molecule has 2 heterocycles. The fourth-order valence-electron chi connectivity index (χ4n) is 2.47. The number of anilines is 1. The number of nitrogens with zero attached hydrogens (tertiary/aromatic N) is 3. The van der Waals surface area contributed by atoms with E-state index in [4.69, 9.17) is 4.74 Å². The molecule has 0 radical (unpaired) electrons. The van der Waals surface area contributed by atoms with Crippen LogP contribution in [-0.2, 0) is 17.6 Å². The van der Waals surface area contributed by atoms with E-state index in [-0.39, 0.29) is 5.95 Å². The standard InChI is InChI=1S/C14H19N5O2/c1-14(2,3)21-13(20)17-12-15-8-6-4-5-7-9-10(8)11(16-12)19-18-9/h4-7H2,1-3H3,(H2,15,16,17,18,19,20). The molecule has 7 heteroatoms. The Labute approximate surface area is 122 Å². The van der Waals surface area contributed by atoms with Gasteiger partial charge in [0, 0.05) is 0 Å². The van der Waals surface area contributed by atoms with E-state index in [1.54, 1.807) is 0 Å². The molecule has 1 amide bonds. The van der Waals surface area contributed by atoms with Gasteiger partial charge in [0.25, 0.3) is 0 Å². The molecule has 0 fully saturated rings. The quantitative estimate of drug-likeness (QED) is 0.841. The Balaban J connectivity index is 1.90. The molecule has 21 heavy (non-hydrogen) atoms. The van der Waals surface area contributed by atoms with Gasteiger partial charge in [0.2, 0.25) is 5.95 Å². The number of rotatable bonds is 1. The van der Waals surface area contributed by atoms with E-state index in [9.17, 15) is 4.79 Å². The fraction of sp³-hybridized carbons (Fsp3) is 0.571. The van der Waals surface area contributed by atoms with Crippen molar-refractivity contribution in [3.05, 3.63) is 11.4 Å². The molecule has 0 aliphatic heterocycles. The number of hydrogen-bond acceptors (Lipinski definition) is 5. The lowest BCUT2D eigenvalue weighted by atomic mass is 10.2. The van der Waals surface area contributed by atoms with Crippen molar-refractivity contribution in [1.29, 1.82) is 0 Å². The van der Waals surface area contributed by atoms with Crippen molar-refractivity contribution < 1.29 is 9.53 Å². The number of aryl methyl sites for hydroxylation is 2. The first-order valence-electron chi connectivity index (χ1n) is 7.16. The SMILES string of the molecule is CC(C)(C)OC(=O)Nc1nc2c3c(n[nH]c3n1)CCCC2. The minimum Gasteiger partial charge on any atom is -0.444 e. The van der Waals surface area contributed by atoms with Crippen LogP contribution in [0.4, 0.5) is 10.7 Å². The number of carbonyl (C=O) groups excluding carboxylic acids is 1. The largest absolute Gasteiger partial charge is 0.444 e. The van der Waals surface area contributed by atoms with E-state index in [0.29, 0.717) is 5.65 Å². The lowest BCUT2D eigenvalue weighted by molar-refractivity contribution is 0.0634. The first-order chi connectivity index (χ1) is 9.92. The van der Waals surface area contributed by atoms with Crippen LogP contribution in [0.5, 0.6) is 0 Å². The summed E-state index contributed by atoms with van der Waals surface area (Å²) in [5.41, 5.74) is 2.07. The summed E-state index contributed by atoms with van der Waals surface area (Å²) in [5, 5.41) is 10.8. The molecule has 2 aromatic heterocycles. The number of nitrogens with one attached hydrogen (secondary N) is 2. The molecule has 1 aliphatic carbocycles. The topological polar surface area (TPSA) is 92.8 Å². The summed E-state index contributed by atoms with van der Waals surface area (Å²) in [4.78, 5) is 20.6. The molecular weight excluding hydrogens is 270 g/mol. The molecular formula is C14H19N5O2. The van der Waals surface area contributed by atoms with E-state index < -0.39 is 11.7 Å². The number of amides is 1. The second-order valence-electron chi connectivity index (χ2n) is 6.22. The molecule has 0 unspecified atom stereocenters. The van der Waals surface area contributed by atoms with Gasteiger partial charge < -0.3 is 4.74 Å². The van der Waals surface area contributed by atoms with E-state index in [1.165, 1.54) is 0 Å². The zero-order valence-corrected chi connectivity index (χ0v) is 12.5. The summed E-state index contributed by atoms with van der Waals surface area (Å²) in [6.07, 6.45) is 3.41. The van der Waals surface area contributed by atoms with Gasteiger partial charge in [-0.15, -0.1) is 0 Å². The average Bonchev–Trinajstić information content (AvgIpc) is 2.63. The van der Waals surface area contributed by atoms with Gasteiger partial charge >= 0.3 is 6.09 Å². The number of aromatic amines is 1. The van der Waals surface area contributed by atoms with E-state index in [1.807, 2.05) is 20.8 Å². The fourth-order valence-corrected chi connectivity index (χ4v) is 2.47. The number of H-pyrrole nitrogens is 1. The molecule has 0 bridgehead atoms. The van der Waals surface area contributed by atoms with Crippen molar-refractivity contribution >= 4 is 23.1 Å². The first kappa shape index (κ1) is 13.8. The van der Waals surface area contributed by atoms with Crippen LogP contribution >= 0.6 is 0 Å². The minimum absolute atomic E-state index is 0.254. The lowest BCUT2D eigenvalue weighted by Crippen LogP contribution is -2.28. The Morgan fingerprint density at radius 3 is 2.62 bits per heavy atom. The van der Waals surface area contributed by atoms with Gasteiger partial charge in [-0.2, -0.15) is 10.1 Å². The highest BCUT2D eigenvalue weighted by Crippen LogP contribution is 2.25. The maximum Gasteiger partial charge on any atom is 0.414 e. The maximum absolute atomic E-state index is 11.8. The number of carbonyl (C=O) groups is 1. The third-order valence-electron chi connectivity index (χ3n) is 3.26. The lowest BCUT2D eigenvalue weighted by Gasteiger charge is -2.19. The van der Waals surface area contributed by atoms with Crippen LogP contribution in [0.1, 0.15) is 45.0 Å². The van der Waals surface area contributed by atoms with Gasteiger partial charge in [-0.1, -0.05) is 0 Å². The van der Waals surface area contributed by atoms with Crippen molar-refractivity contribution in [1.82, 2.24) is 20.2 Å². The van der Waals surface area contributed by atoms with Crippen molar-refractivity contribution in [3.63, 3.8) is 0 Å². The summed E-state index contributed by atoms with van der Waals surface area (Å²) in [6, 6.07) is 0. The van der Waals surface area contributed by atoms with Crippen LogP contribution in [0.15, 0.2) is 0 Å². The van der Waals surface area contributed by atoms with E-state index in [2.05, 4.69) is 25.5 Å². The molecule has 0 atom stereocenters. The van der Waals surface area contributed by atoms with Crippen molar-refractivity contribution in [2.45, 2.75) is 52.1 Å². The maximum atomic E-state index is 11.8. The summed E-state index contributed by atoms with van der Waals surface area (Å²) in [6.45, 7) is 5.43. The molecule has 2 aromatic rings. The van der Waals surface area contributed by atoms with Crippen LogP contribution in [0.3, 0.4) is 0 Å². The highest BCUT2D eigenvalue weighted by atomic mass is 16.6. The predicted octanol–water partition coefficient (Wildman–Crippen LogP) is 2.58. The molecule has 3 rings (SSSR count). The van der Waals surface area contributed by atoms with Gasteiger partial charge in [-0.3, -0.25) is 10.4 Å². The third kappa shape index (κ3) is 2.96. The predicted molar refractivity (Wildman–Crippen MR) is 78.2 cm³/mol. The van der Waals surface area contributed by atoms with Crippen molar-refractivity contribution in [3.8, 4) is 0 Å². The Morgan fingerprint density at radius 2 is 1.90 bits per heavy atom. The molecule has 0 aromatic carbocycles. The second kappa shape index (κ2) is 4.98. The summed E-state index contributed by atoms with van der Waals surface area (Å²) < 4.78 is 5.22. The normalized spacial score (nSPS) is 14.8. The van der Waals surface area contributed by atoms with Crippen LogP contribution in [-0.4, -0.2) is 31.9 Å². The molecule has 0 saturated carbocycles. The molecule has 7 nitrogen and oxygen atoms in total. The first-order valence-corrected chi connectivity index (χ1v) is 7.16. The van der Waals surface area contributed by atoms with Gasteiger partial charge in [-0.05, 0) is 46.5 Å². The zero-order chi connectivity index (χ0) is 15.0. The Kier molecular flexibility index (Phi) is 3.27. The smallest absolute Gasteiger partial charge is 0.414 e. The summed E-state index contributed by atoms with van der Waals surface area (Å²) in [5.74, 6) is 0.254. The number of ether oxygens (including phenoxy) is 1. The van der Waals surface area contributed by atoms with Crippen LogP contribution in [0.2, 0.25) is 0 Å². The van der Waals surface area contributed by atoms with Gasteiger partial charge in [-0.25, -0.2) is 9.78 Å². The number of hydrogen-bond donors (Lipinski definition) is 2. The minimum atomic E-state index is -0.554. The Bertz CT molecular complexity index is 686. The Hall–Kier alpha value is -2.18. The number of aromatic nitrogens is 4. The Morgan fingerprint density at radius 1 is 1.19 bits per heavy atom. The van der Waals surface area contributed by atoms with Gasteiger partial charge in [0.05, 0.1) is 16.8 Å². The third-order valence-corrected chi connectivity index (χ3v) is 3.26. The van der Waals surface area contributed by atoms with Crippen molar-refractivity contribution in [2.75, 3.05) is 5.32 Å². The summed E-state index contributed by atoms with van der Waals surface area (Å²) >= 11 is 0. The van der Waals surface area contributed by atoms with E-state index in [0.717, 1.165) is 42.5 Å². The van der Waals surface area contributed by atoms with E-state index >= 15 is 0 Å². The molecule has 2 N–H and O–H groups in total. The van der Waals surface area contributed by atoms with Crippen LogP contribution in [0.25, 0.3) is 11.0 Å². The molecule has 1 aliphatic rings. The molecule has 0 saturated heterocycles. The zero-order valence-electron chi connectivity index (χ0n) is 12.5. The second-order valence-corrected chi connectivity index (χ2v) is 6.22. The van der Waals surface area contributed by atoms with Crippen LogP contribution < -0.4 is 5.32 Å².